The summed E-state index contributed by atoms with van der Waals surface area (Å²) in [5.41, 5.74) is 7.42. The van der Waals surface area contributed by atoms with Crippen LogP contribution in [0.15, 0.2) is 48.5 Å². The van der Waals surface area contributed by atoms with E-state index >= 15 is 0 Å². The highest BCUT2D eigenvalue weighted by atomic mass is 35.5. The number of halogens is 1. The first-order valence-electron chi connectivity index (χ1n) is 8.39. The molecule has 0 aromatic heterocycles. The second-order valence-electron chi connectivity index (χ2n) is 6.17. The van der Waals surface area contributed by atoms with Crippen LogP contribution in [-0.2, 0) is 4.79 Å². The highest BCUT2D eigenvalue weighted by Crippen LogP contribution is 2.27. The molecule has 26 heavy (non-hydrogen) atoms. The van der Waals surface area contributed by atoms with E-state index < -0.39 is 0 Å². The Morgan fingerprint density at radius 2 is 1.92 bits per heavy atom. The lowest BCUT2D eigenvalue weighted by Gasteiger charge is -2.22. The lowest BCUT2D eigenvalue weighted by atomic mass is 9.91. The molecule has 0 spiro atoms. The van der Waals surface area contributed by atoms with Crippen molar-refractivity contribution >= 4 is 17.5 Å². The summed E-state index contributed by atoms with van der Waals surface area (Å²) in [6.45, 7) is 1.98. The third-order valence-electron chi connectivity index (χ3n) is 4.35. The Bertz CT molecular complexity index is 754. The minimum Gasteiger partial charge on any atom is -0.497 e. The third-order valence-corrected chi connectivity index (χ3v) is 4.58. The Morgan fingerprint density at radius 3 is 2.62 bits per heavy atom. The summed E-state index contributed by atoms with van der Waals surface area (Å²) in [6.07, 6.45) is -0.242. The summed E-state index contributed by atoms with van der Waals surface area (Å²) in [5.74, 6) is 1.23. The van der Waals surface area contributed by atoms with Crippen LogP contribution in [-0.4, -0.2) is 31.8 Å². The Balaban J connectivity index is 1.60. The van der Waals surface area contributed by atoms with Crippen LogP contribution in [0.5, 0.6) is 11.5 Å². The smallest absolute Gasteiger partial charge is 0.259 e. The predicted octanol–water partition coefficient (Wildman–Crippen LogP) is 2.45. The van der Waals surface area contributed by atoms with Gasteiger partial charge in [-0.25, -0.2) is 5.43 Å². The van der Waals surface area contributed by atoms with Crippen molar-refractivity contribution in [3.8, 4) is 11.5 Å². The number of amides is 1. The number of hydrogen-bond acceptors (Lipinski definition) is 5. The van der Waals surface area contributed by atoms with Gasteiger partial charge < -0.3 is 14.8 Å². The maximum atomic E-state index is 12.3. The van der Waals surface area contributed by atoms with Gasteiger partial charge in [0, 0.05) is 17.0 Å². The van der Waals surface area contributed by atoms with Crippen LogP contribution < -0.4 is 25.6 Å². The van der Waals surface area contributed by atoms with Crippen molar-refractivity contribution in [2.24, 2.45) is 0 Å². The van der Waals surface area contributed by atoms with Gasteiger partial charge in [-0.3, -0.25) is 10.2 Å². The van der Waals surface area contributed by atoms with Crippen LogP contribution in [0.1, 0.15) is 18.4 Å². The first-order chi connectivity index (χ1) is 12.6. The highest BCUT2D eigenvalue weighted by molar-refractivity contribution is 6.30. The van der Waals surface area contributed by atoms with E-state index in [0.29, 0.717) is 10.8 Å². The fourth-order valence-electron chi connectivity index (χ4n) is 3.04. The predicted molar refractivity (Wildman–Crippen MR) is 100 cm³/mol. The molecule has 7 heteroatoms. The maximum absolute atomic E-state index is 12.3. The van der Waals surface area contributed by atoms with Crippen molar-refractivity contribution in [2.75, 3.05) is 13.7 Å². The molecule has 0 radical (unpaired) electrons. The standard InChI is InChI=1S/C19H22ClN3O3/c1-12-18(13-6-8-15(25-2)9-7-13)19(23-22-12)21-17(24)11-26-16-5-3-4-14(20)10-16/h3-10,12,18-19,22-23H,11H2,1-2H3,(H,21,24). The zero-order chi connectivity index (χ0) is 18.5. The molecule has 138 valence electrons. The molecule has 1 amide bonds. The molecular formula is C19H22ClN3O3. The van der Waals surface area contributed by atoms with Crippen molar-refractivity contribution < 1.29 is 14.3 Å². The molecule has 1 aliphatic heterocycles. The third kappa shape index (κ3) is 4.46. The number of ether oxygens (including phenoxy) is 2. The summed E-state index contributed by atoms with van der Waals surface area (Å²) >= 11 is 5.91. The summed E-state index contributed by atoms with van der Waals surface area (Å²) in [5, 5.41) is 3.54. The average Bonchev–Trinajstić information content (AvgIpc) is 3.00. The van der Waals surface area contributed by atoms with Crippen LogP contribution >= 0.6 is 11.6 Å². The van der Waals surface area contributed by atoms with E-state index in [2.05, 4.69) is 23.1 Å². The van der Waals surface area contributed by atoms with Gasteiger partial charge in [-0.1, -0.05) is 29.8 Å². The molecule has 3 atom stereocenters. The van der Waals surface area contributed by atoms with Gasteiger partial charge in [-0.05, 0) is 42.8 Å². The van der Waals surface area contributed by atoms with Crippen molar-refractivity contribution in [1.82, 2.24) is 16.2 Å². The fraction of sp³-hybridized carbons (Fsp3) is 0.316. The highest BCUT2D eigenvalue weighted by Gasteiger charge is 2.35. The van der Waals surface area contributed by atoms with Gasteiger partial charge in [0.05, 0.1) is 7.11 Å². The van der Waals surface area contributed by atoms with E-state index in [4.69, 9.17) is 21.1 Å². The monoisotopic (exact) mass is 375 g/mol. The molecule has 3 N–H and O–H groups in total. The quantitative estimate of drug-likeness (QED) is 0.723. The zero-order valence-electron chi connectivity index (χ0n) is 14.7. The molecule has 6 nitrogen and oxygen atoms in total. The summed E-state index contributed by atoms with van der Waals surface area (Å²) in [7, 11) is 1.64. The number of hydrazine groups is 1. The number of benzene rings is 2. The SMILES string of the molecule is COc1ccc(C2C(C)NNC2NC(=O)COc2cccc(Cl)c2)cc1. The van der Waals surface area contributed by atoms with Gasteiger partial charge in [0.1, 0.15) is 17.7 Å². The van der Waals surface area contributed by atoms with Crippen molar-refractivity contribution in [3.05, 3.63) is 59.1 Å². The van der Waals surface area contributed by atoms with E-state index in [1.54, 1.807) is 31.4 Å². The zero-order valence-corrected chi connectivity index (χ0v) is 15.4. The Kier molecular flexibility index (Phi) is 5.98. The van der Waals surface area contributed by atoms with Gasteiger partial charge in [0.15, 0.2) is 6.61 Å². The minimum atomic E-state index is -0.242. The molecule has 1 fully saturated rings. The Hall–Kier alpha value is -2.28. The fourth-order valence-corrected chi connectivity index (χ4v) is 3.22. The Labute approximate surface area is 157 Å². The summed E-state index contributed by atoms with van der Waals surface area (Å²) < 4.78 is 10.7. The van der Waals surface area contributed by atoms with E-state index in [1.165, 1.54) is 0 Å². The molecule has 0 aliphatic carbocycles. The second kappa shape index (κ2) is 8.40. The molecule has 0 saturated carbocycles. The average molecular weight is 376 g/mol. The van der Waals surface area contributed by atoms with Crippen LogP contribution in [0.25, 0.3) is 0 Å². The Morgan fingerprint density at radius 1 is 1.15 bits per heavy atom. The molecule has 1 aliphatic rings. The maximum Gasteiger partial charge on any atom is 0.259 e. The van der Waals surface area contributed by atoms with Crippen molar-refractivity contribution in [1.29, 1.82) is 0 Å². The molecule has 0 bridgehead atoms. The van der Waals surface area contributed by atoms with E-state index in [0.717, 1.165) is 11.3 Å². The van der Waals surface area contributed by atoms with Crippen LogP contribution in [0.3, 0.4) is 0 Å². The molecule has 1 saturated heterocycles. The van der Waals surface area contributed by atoms with Gasteiger partial charge in [0.2, 0.25) is 0 Å². The molecule has 1 heterocycles. The molecular weight excluding hydrogens is 354 g/mol. The summed E-state index contributed by atoms with van der Waals surface area (Å²) in [4.78, 5) is 12.3. The largest absolute Gasteiger partial charge is 0.497 e. The lowest BCUT2D eigenvalue weighted by molar-refractivity contribution is -0.124. The second-order valence-corrected chi connectivity index (χ2v) is 6.60. The molecule has 2 aromatic carbocycles. The first-order valence-corrected chi connectivity index (χ1v) is 8.77. The van der Waals surface area contributed by atoms with Gasteiger partial charge in [-0.15, -0.1) is 0 Å². The summed E-state index contributed by atoms with van der Waals surface area (Å²) in [6, 6.07) is 15.0. The van der Waals surface area contributed by atoms with E-state index in [1.807, 2.05) is 24.3 Å². The van der Waals surface area contributed by atoms with Crippen LogP contribution in [0.2, 0.25) is 5.02 Å². The van der Waals surface area contributed by atoms with E-state index in [-0.39, 0.29) is 30.6 Å². The number of hydrogen-bond donors (Lipinski definition) is 3. The van der Waals surface area contributed by atoms with Gasteiger partial charge >= 0.3 is 0 Å². The van der Waals surface area contributed by atoms with E-state index in [9.17, 15) is 4.79 Å². The van der Waals surface area contributed by atoms with Crippen LogP contribution in [0.4, 0.5) is 0 Å². The number of rotatable bonds is 6. The van der Waals surface area contributed by atoms with Crippen molar-refractivity contribution in [2.45, 2.75) is 25.0 Å². The number of carbonyl (C=O) groups is 1. The molecule has 3 rings (SSSR count). The topological polar surface area (TPSA) is 71.6 Å². The van der Waals surface area contributed by atoms with Crippen LogP contribution in [0, 0.1) is 0 Å². The number of carbonyl (C=O) groups excluding carboxylic acids is 1. The molecule has 3 unspecified atom stereocenters. The van der Waals surface area contributed by atoms with Gasteiger partial charge in [0.25, 0.3) is 5.91 Å². The normalized spacial score (nSPS) is 22.0. The molecule has 2 aromatic rings. The number of methoxy groups -OCH3 is 1. The number of nitrogens with one attached hydrogen (secondary N) is 3. The minimum absolute atomic E-state index is 0.0797. The first kappa shape index (κ1) is 18.5. The van der Waals surface area contributed by atoms with Crippen molar-refractivity contribution in [3.63, 3.8) is 0 Å². The lowest BCUT2D eigenvalue weighted by Crippen LogP contribution is -2.47. The van der Waals surface area contributed by atoms with Gasteiger partial charge in [-0.2, -0.15) is 0 Å².